The molecule has 0 saturated carbocycles. The SMILES string of the molecule is Cc1noc(C)c1-c1c2ccccc2c(-c2ccc3ccccc3c2)c2ccccc12. The van der Waals surface area contributed by atoms with Crippen LogP contribution >= 0.6 is 0 Å². The van der Waals surface area contributed by atoms with Gasteiger partial charge in [-0.2, -0.15) is 0 Å². The molecule has 0 saturated heterocycles. The van der Waals surface area contributed by atoms with Crippen molar-refractivity contribution in [3.05, 3.63) is 102 Å². The maximum absolute atomic E-state index is 5.56. The Morgan fingerprint density at radius 3 is 1.68 bits per heavy atom. The third-order valence-electron chi connectivity index (χ3n) is 6.25. The van der Waals surface area contributed by atoms with E-state index in [4.69, 9.17) is 4.52 Å². The van der Waals surface area contributed by atoms with E-state index >= 15 is 0 Å². The minimum Gasteiger partial charge on any atom is -0.361 e. The van der Waals surface area contributed by atoms with E-state index in [1.54, 1.807) is 0 Å². The molecule has 0 unspecified atom stereocenters. The molecule has 0 aliphatic carbocycles. The first-order chi connectivity index (χ1) is 15.2. The van der Waals surface area contributed by atoms with Gasteiger partial charge in [-0.25, -0.2) is 0 Å². The van der Waals surface area contributed by atoms with Crippen LogP contribution < -0.4 is 0 Å². The normalized spacial score (nSPS) is 11.5. The first-order valence-electron chi connectivity index (χ1n) is 10.6. The lowest BCUT2D eigenvalue weighted by Gasteiger charge is -2.17. The van der Waals surface area contributed by atoms with Crippen LogP contribution in [0.2, 0.25) is 0 Å². The summed E-state index contributed by atoms with van der Waals surface area (Å²) in [7, 11) is 0. The first kappa shape index (κ1) is 17.9. The van der Waals surface area contributed by atoms with E-state index < -0.39 is 0 Å². The van der Waals surface area contributed by atoms with Crippen molar-refractivity contribution in [3.63, 3.8) is 0 Å². The predicted molar refractivity (Wildman–Crippen MR) is 129 cm³/mol. The van der Waals surface area contributed by atoms with Crippen LogP contribution in [0.25, 0.3) is 54.6 Å². The summed E-state index contributed by atoms with van der Waals surface area (Å²) in [5.41, 5.74) is 5.72. The zero-order valence-corrected chi connectivity index (χ0v) is 17.5. The van der Waals surface area contributed by atoms with Crippen LogP contribution in [0.3, 0.4) is 0 Å². The van der Waals surface area contributed by atoms with Gasteiger partial charge < -0.3 is 4.52 Å². The van der Waals surface area contributed by atoms with Gasteiger partial charge in [0.05, 0.1) is 5.69 Å². The molecule has 0 aliphatic rings. The fraction of sp³-hybridized carbons (Fsp3) is 0.0690. The molecule has 1 aromatic heterocycles. The van der Waals surface area contributed by atoms with Gasteiger partial charge in [-0.1, -0.05) is 90.1 Å². The van der Waals surface area contributed by atoms with Crippen molar-refractivity contribution in [2.45, 2.75) is 13.8 Å². The number of hydrogen-bond donors (Lipinski definition) is 0. The fourth-order valence-corrected chi connectivity index (χ4v) is 4.89. The van der Waals surface area contributed by atoms with Crippen LogP contribution in [0.5, 0.6) is 0 Å². The van der Waals surface area contributed by atoms with Gasteiger partial charge in [0.25, 0.3) is 0 Å². The molecule has 1 heterocycles. The molecule has 0 atom stereocenters. The summed E-state index contributed by atoms with van der Waals surface area (Å²) >= 11 is 0. The summed E-state index contributed by atoms with van der Waals surface area (Å²) in [6, 6.07) is 32.7. The maximum atomic E-state index is 5.56. The third-order valence-corrected chi connectivity index (χ3v) is 6.25. The molecule has 2 heteroatoms. The van der Waals surface area contributed by atoms with Crippen LogP contribution in [0.1, 0.15) is 11.5 Å². The number of benzene rings is 5. The number of fused-ring (bicyclic) bond motifs is 3. The standard InChI is InChI=1S/C29H21NO/c1-18-27(19(2)31-30-18)29-25-13-7-5-11-23(25)28(24-12-6-8-14-26(24)29)22-16-15-20-9-3-4-10-21(20)17-22/h3-17H,1-2H3. The van der Waals surface area contributed by atoms with E-state index in [-0.39, 0.29) is 0 Å². The molecule has 0 bridgehead atoms. The molecule has 0 N–H and O–H groups in total. The van der Waals surface area contributed by atoms with Gasteiger partial charge in [0.15, 0.2) is 0 Å². The van der Waals surface area contributed by atoms with Crippen molar-refractivity contribution in [2.75, 3.05) is 0 Å². The third kappa shape index (κ3) is 2.69. The van der Waals surface area contributed by atoms with Gasteiger partial charge in [0.1, 0.15) is 5.76 Å². The van der Waals surface area contributed by atoms with Crippen molar-refractivity contribution < 1.29 is 4.52 Å². The molecule has 0 spiro atoms. The minimum atomic E-state index is 0.853. The number of rotatable bonds is 2. The lowest BCUT2D eigenvalue weighted by atomic mass is 9.85. The lowest BCUT2D eigenvalue weighted by Crippen LogP contribution is -1.92. The number of aromatic nitrogens is 1. The van der Waals surface area contributed by atoms with Gasteiger partial charge in [0.2, 0.25) is 0 Å². The largest absolute Gasteiger partial charge is 0.361 e. The molecule has 6 rings (SSSR count). The van der Waals surface area contributed by atoms with Crippen LogP contribution in [-0.2, 0) is 0 Å². The second-order valence-corrected chi connectivity index (χ2v) is 8.10. The van der Waals surface area contributed by atoms with Gasteiger partial charge in [0, 0.05) is 11.1 Å². The highest BCUT2D eigenvalue weighted by atomic mass is 16.5. The summed E-state index contributed by atoms with van der Waals surface area (Å²) in [4.78, 5) is 0. The summed E-state index contributed by atoms with van der Waals surface area (Å²) in [5, 5.41) is 11.7. The summed E-state index contributed by atoms with van der Waals surface area (Å²) in [5.74, 6) is 0.853. The number of nitrogens with zero attached hydrogens (tertiary/aromatic N) is 1. The molecule has 0 amide bonds. The van der Waals surface area contributed by atoms with E-state index in [1.807, 2.05) is 13.8 Å². The van der Waals surface area contributed by atoms with Crippen molar-refractivity contribution >= 4 is 32.3 Å². The minimum absolute atomic E-state index is 0.853. The van der Waals surface area contributed by atoms with Crippen LogP contribution in [0.4, 0.5) is 0 Å². The molecule has 2 nitrogen and oxygen atoms in total. The molecule has 31 heavy (non-hydrogen) atoms. The Balaban J connectivity index is 1.80. The van der Waals surface area contributed by atoms with Crippen LogP contribution in [-0.4, -0.2) is 5.16 Å². The monoisotopic (exact) mass is 399 g/mol. The fourth-order valence-electron chi connectivity index (χ4n) is 4.89. The Hall–Kier alpha value is -3.91. The zero-order chi connectivity index (χ0) is 20.9. The maximum Gasteiger partial charge on any atom is 0.141 e. The van der Waals surface area contributed by atoms with Gasteiger partial charge in [-0.05, 0) is 63.4 Å². The van der Waals surface area contributed by atoms with Crippen molar-refractivity contribution in [3.8, 4) is 22.3 Å². The smallest absolute Gasteiger partial charge is 0.141 e. The summed E-state index contributed by atoms with van der Waals surface area (Å²) < 4.78 is 5.56. The highest BCUT2D eigenvalue weighted by molar-refractivity contribution is 6.22. The van der Waals surface area contributed by atoms with Gasteiger partial charge >= 0.3 is 0 Å². The predicted octanol–water partition coefficient (Wildman–Crippen LogP) is 8.09. The number of aryl methyl sites for hydroxylation is 2. The average molecular weight is 399 g/mol. The quantitative estimate of drug-likeness (QED) is 0.275. The van der Waals surface area contributed by atoms with Crippen molar-refractivity contribution in [2.24, 2.45) is 0 Å². The molecule has 6 aromatic rings. The highest BCUT2D eigenvalue weighted by Gasteiger charge is 2.20. The molecular weight excluding hydrogens is 378 g/mol. The van der Waals surface area contributed by atoms with Crippen molar-refractivity contribution in [1.82, 2.24) is 5.16 Å². The number of hydrogen-bond acceptors (Lipinski definition) is 2. The Morgan fingerprint density at radius 2 is 1.10 bits per heavy atom. The molecule has 148 valence electrons. The Bertz CT molecular complexity index is 1530. The van der Waals surface area contributed by atoms with Crippen LogP contribution in [0, 0.1) is 13.8 Å². The molecule has 0 fully saturated rings. The molecule has 0 aliphatic heterocycles. The lowest BCUT2D eigenvalue weighted by molar-refractivity contribution is 0.393. The second-order valence-electron chi connectivity index (χ2n) is 8.10. The van der Waals surface area contributed by atoms with E-state index in [0.717, 1.165) is 17.0 Å². The van der Waals surface area contributed by atoms with E-state index in [9.17, 15) is 0 Å². The molecular formula is C29H21NO. The van der Waals surface area contributed by atoms with Crippen LogP contribution in [0.15, 0.2) is 95.5 Å². The topological polar surface area (TPSA) is 26.0 Å². The first-order valence-corrected chi connectivity index (χ1v) is 10.6. The molecule has 5 aromatic carbocycles. The van der Waals surface area contributed by atoms with Gasteiger partial charge in [-0.15, -0.1) is 0 Å². The zero-order valence-electron chi connectivity index (χ0n) is 17.5. The summed E-state index contributed by atoms with van der Waals surface area (Å²) in [6.07, 6.45) is 0. The van der Waals surface area contributed by atoms with E-state index in [2.05, 4.69) is 96.2 Å². The van der Waals surface area contributed by atoms with Gasteiger partial charge in [-0.3, -0.25) is 0 Å². The van der Waals surface area contributed by atoms with Crippen molar-refractivity contribution in [1.29, 1.82) is 0 Å². The Kier molecular flexibility index (Phi) is 3.94. The highest BCUT2D eigenvalue weighted by Crippen LogP contribution is 2.45. The van der Waals surface area contributed by atoms with E-state index in [1.165, 1.54) is 49.0 Å². The van der Waals surface area contributed by atoms with E-state index in [0.29, 0.717) is 0 Å². The Morgan fingerprint density at radius 1 is 0.548 bits per heavy atom. The summed E-state index contributed by atoms with van der Waals surface area (Å²) in [6.45, 7) is 4.02. The second kappa shape index (κ2) is 6.82. The molecule has 0 radical (unpaired) electrons. The average Bonchev–Trinajstić information content (AvgIpc) is 3.14. The Labute approximate surface area is 180 Å².